The molecule has 8 heteroatoms. The van der Waals surface area contributed by atoms with E-state index in [2.05, 4.69) is 11.5 Å². The van der Waals surface area contributed by atoms with Gasteiger partial charge in [0.15, 0.2) is 5.69 Å². The molecule has 0 spiro atoms. The number of aryl methyl sites for hydroxylation is 2. The molecular weight excluding hydrogens is 338 g/mol. The van der Waals surface area contributed by atoms with E-state index in [-0.39, 0.29) is 11.4 Å². The molecule has 0 unspecified atom stereocenters. The van der Waals surface area contributed by atoms with Crippen molar-refractivity contribution in [3.05, 3.63) is 74.5 Å². The number of hydrogen-bond acceptors (Lipinski definition) is 5. The van der Waals surface area contributed by atoms with Gasteiger partial charge in [-0.05, 0) is 31.2 Å². The van der Waals surface area contributed by atoms with Crippen LogP contribution in [-0.2, 0) is 6.54 Å². The molecule has 1 aromatic heterocycles. The molecule has 0 saturated carbocycles. The van der Waals surface area contributed by atoms with Crippen LogP contribution in [0.15, 0.2) is 48.5 Å². The maximum atomic E-state index is 11.2. The Bertz CT molecular complexity index is 1030. The van der Waals surface area contributed by atoms with Crippen LogP contribution in [0.25, 0.3) is 10.9 Å². The van der Waals surface area contributed by atoms with Gasteiger partial charge in [-0.25, -0.2) is 0 Å². The maximum absolute atomic E-state index is 11.2. The van der Waals surface area contributed by atoms with Gasteiger partial charge in [-0.1, -0.05) is 0 Å². The van der Waals surface area contributed by atoms with E-state index in [1.54, 1.807) is 12.1 Å². The molecule has 3 rings (SSSR count). The number of nitro groups is 2. The van der Waals surface area contributed by atoms with E-state index in [0.29, 0.717) is 5.75 Å². The summed E-state index contributed by atoms with van der Waals surface area (Å²) < 4.78 is 7.79. The van der Waals surface area contributed by atoms with Gasteiger partial charge in [-0.2, -0.15) is 4.57 Å². The van der Waals surface area contributed by atoms with Crippen LogP contribution >= 0.6 is 0 Å². The number of pyridine rings is 1. The zero-order valence-corrected chi connectivity index (χ0v) is 14.2. The van der Waals surface area contributed by atoms with Gasteiger partial charge < -0.3 is 4.74 Å². The molecule has 0 amide bonds. The number of rotatable bonds is 5. The van der Waals surface area contributed by atoms with Crippen LogP contribution in [0.1, 0.15) is 12.6 Å². The van der Waals surface area contributed by atoms with Gasteiger partial charge in [0.25, 0.3) is 5.69 Å². The summed E-state index contributed by atoms with van der Waals surface area (Å²) in [5.41, 5.74) is 1.34. The van der Waals surface area contributed by atoms with Crippen molar-refractivity contribution in [2.24, 2.45) is 0 Å². The number of ether oxygens (including phenoxy) is 1. The molecule has 0 saturated heterocycles. The molecule has 0 atom stereocenters. The predicted octanol–water partition coefficient (Wildman–Crippen LogP) is 4.06. The zero-order chi connectivity index (χ0) is 18.8. The lowest BCUT2D eigenvalue weighted by molar-refractivity contribution is -0.673. The van der Waals surface area contributed by atoms with E-state index in [9.17, 15) is 20.2 Å². The Kier molecular flexibility index (Phi) is 4.49. The fourth-order valence-electron chi connectivity index (χ4n) is 2.86. The highest BCUT2D eigenvalue weighted by molar-refractivity contribution is 5.77. The van der Waals surface area contributed by atoms with Gasteiger partial charge in [0, 0.05) is 25.1 Å². The molecule has 0 aliphatic rings. The first-order chi connectivity index (χ1) is 12.4. The molecular formula is C18H16N3O5+. The third-order valence-electron chi connectivity index (χ3n) is 4.11. The second-order valence-electron chi connectivity index (χ2n) is 5.71. The third kappa shape index (κ3) is 3.16. The summed E-state index contributed by atoms with van der Waals surface area (Å²) in [5.74, 6) is 0.372. The van der Waals surface area contributed by atoms with Crippen molar-refractivity contribution in [2.75, 3.05) is 0 Å². The van der Waals surface area contributed by atoms with E-state index in [1.807, 2.05) is 25.1 Å². The Morgan fingerprint density at radius 2 is 1.77 bits per heavy atom. The minimum Gasteiger partial charge on any atom is -0.450 e. The van der Waals surface area contributed by atoms with Gasteiger partial charge in [0.1, 0.15) is 12.3 Å². The number of benzene rings is 2. The van der Waals surface area contributed by atoms with Gasteiger partial charge in [0.05, 0.1) is 21.3 Å². The summed E-state index contributed by atoms with van der Waals surface area (Å²) in [6, 6.07) is 12.6. The van der Waals surface area contributed by atoms with Crippen molar-refractivity contribution in [1.29, 1.82) is 0 Å². The molecule has 0 N–H and O–H groups in total. The van der Waals surface area contributed by atoms with Crippen LogP contribution in [0.3, 0.4) is 0 Å². The average Bonchev–Trinajstić information content (AvgIpc) is 2.61. The van der Waals surface area contributed by atoms with Crippen molar-refractivity contribution < 1.29 is 19.2 Å². The fourth-order valence-corrected chi connectivity index (χ4v) is 2.86. The number of fused-ring (bicyclic) bond motifs is 1. The van der Waals surface area contributed by atoms with Gasteiger partial charge in [0.2, 0.25) is 11.3 Å². The fraction of sp³-hybridized carbons (Fsp3) is 0.167. The van der Waals surface area contributed by atoms with E-state index < -0.39 is 15.5 Å². The summed E-state index contributed by atoms with van der Waals surface area (Å²) >= 11 is 0. The lowest BCUT2D eigenvalue weighted by Crippen LogP contribution is -2.36. The quantitative estimate of drug-likeness (QED) is 0.391. The maximum Gasteiger partial charge on any atom is 0.318 e. The lowest BCUT2D eigenvalue weighted by atomic mass is 10.1. The summed E-state index contributed by atoms with van der Waals surface area (Å²) in [7, 11) is 0. The molecule has 3 aromatic rings. The van der Waals surface area contributed by atoms with Crippen LogP contribution in [0, 0.1) is 27.2 Å². The molecule has 8 nitrogen and oxygen atoms in total. The van der Waals surface area contributed by atoms with Crippen LogP contribution in [0.5, 0.6) is 11.5 Å². The SMILES string of the molecule is CC[n+]1c(C)ccc2cc(Oc3ccc([N+](=O)[O-])cc3[N+](=O)[O-])ccc21. The molecule has 132 valence electrons. The normalized spacial score (nSPS) is 10.7. The molecule has 26 heavy (non-hydrogen) atoms. The Morgan fingerprint density at radius 3 is 2.42 bits per heavy atom. The topological polar surface area (TPSA) is 99.4 Å². The third-order valence-corrected chi connectivity index (χ3v) is 4.11. The largest absolute Gasteiger partial charge is 0.450 e. The monoisotopic (exact) mass is 354 g/mol. The van der Waals surface area contributed by atoms with Gasteiger partial charge in [-0.3, -0.25) is 20.2 Å². The van der Waals surface area contributed by atoms with E-state index in [4.69, 9.17) is 4.74 Å². The number of nitro benzene ring substituents is 2. The average molecular weight is 354 g/mol. The summed E-state index contributed by atoms with van der Waals surface area (Å²) in [6.45, 7) is 4.89. The molecule has 0 aliphatic heterocycles. The number of nitrogens with zero attached hydrogens (tertiary/aromatic N) is 3. The molecule has 0 radical (unpaired) electrons. The summed E-state index contributed by atoms with van der Waals surface area (Å²) in [4.78, 5) is 20.7. The van der Waals surface area contributed by atoms with E-state index in [0.717, 1.165) is 29.2 Å². The van der Waals surface area contributed by atoms with Crippen molar-refractivity contribution >= 4 is 22.3 Å². The highest BCUT2D eigenvalue weighted by Crippen LogP contribution is 2.35. The number of aromatic nitrogens is 1. The van der Waals surface area contributed by atoms with Crippen LogP contribution in [0.4, 0.5) is 11.4 Å². The Labute approximate surface area is 148 Å². The predicted molar refractivity (Wildman–Crippen MR) is 94.4 cm³/mol. The molecule has 0 fully saturated rings. The smallest absolute Gasteiger partial charge is 0.318 e. The van der Waals surface area contributed by atoms with Crippen molar-refractivity contribution in [3.8, 4) is 11.5 Å². The second-order valence-corrected chi connectivity index (χ2v) is 5.71. The first kappa shape index (κ1) is 17.3. The van der Waals surface area contributed by atoms with Gasteiger partial charge >= 0.3 is 5.69 Å². The minimum atomic E-state index is -0.697. The van der Waals surface area contributed by atoms with Crippen molar-refractivity contribution in [1.82, 2.24) is 0 Å². The highest BCUT2D eigenvalue weighted by Gasteiger charge is 2.21. The van der Waals surface area contributed by atoms with Crippen molar-refractivity contribution in [2.45, 2.75) is 20.4 Å². The number of hydrogen-bond donors (Lipinski definition) is 0. The summed E-state index contributed by atoms with van der Waals surface area (Å²) in [5, 5.41) is 23.0. The van der Waals surface area contributed by atoms with Gasteiger partial charge in [-0.15, -0.1) is 0 Å². The Morgan fingerprint density at radius 1 is 1.00 bits per heavy atom. The Balaban J connectivity index is 2.02. The molecule has 0 aliphatic carbocycles. The van der Waals surface area contributed by atoms with E-state index >= 15 is 0 Å². The number of non-ortho nitro benzene ring substituents is 1. The van der Waals surface area contributed by atoms with Crippen LogP contribution < -0.4 is 9.30 Å². The molecule has 0 bridgehead atoms. The molecule has 1 heterocycles. The van der Waals surface area contributed by atoms with Crippen LogP contribution in [0.2, 0.25) is 0 Å². The van der Waals surface area contributed by atoms with Crippen LogP contribution in [-0.4, -0.2) is 9.85 Å². The first-order valence-corrected chi connectivity index (χ1v) is 7.94. The lowest BCUT2D eigenvalue weighted by Gasteiger charge is -2.08. The summed E-state index contributed by atoms with van der Waals surface area (Å²) in [6.07, 6.45) is 0. The standard InChI is InChI=1S/C18H16N3O5/c1-3-19-12(2)4-5-13-10-15(7-8-16(13)19)26-18-9-6-14(20(22)23)11-17(18)21(24)25/h4-11H,3H2,1-2H3/q+1. The van der Waals surface area contributed by atoms with Crippen molar-refractivity contribution in [3.63, 3.8) is 0 Å². The minimum absolute atomic E-state index is 0.0459. The first-order valence-electron chi connectivity index (χ1n) is 7.94. The second kappa shape index (κ2) is 6.75. The van der Waals surface area contributed by atoms with E-state index in [1.165, 1.54) is 12.1 Å². The Hall–Kier alpha value is -3.55. The highest BCUT2D eigenvalue weighted by atomic mass is 16.6. The zero-order valence-electron chi connectivity index (χ0n) is 14.2. The molecule has 2 aromatic carbocycles.